The molecule has 0 radical (unpaired) electrons. The maximum absolute atomic E-state index is 12.8. The van der Waals surface area contributed by atoms with Gasteiger partial charge in [-0.15, -0.1) is 0 Å². The van der Waals surface area contributed by atoms with Crippen LogP contribution < -0.4 is 5.43 Å². The van der Waals surface area contributed by atoms with Crippen molar-refractivity contribution >= 4 is 27.6 Å². The summed E-state index contributed by atoms with van der Waals surface area (Å²) < 4.78 is 26.9. The number of nitrogens with zero attached hydrogens (tertiary/aromatic N) is 3. The smallest absolute Gasteiger partial charge is 0.270 e. The number of nitro benzene ring substituents is 1. The van der Waals surface area contributed by atoms with E-state index in [1.54, 1.807) is 26.0 Å². The Balaban J connectivity index is 2.40. The quantitative estimate of drug-likeness (QED) is 0.404. The van der Waals surface area contributed by atoms with Gasteiger partial charge >= 0.3 is 0 Å². The SMILES string of the molecule is CCN(CC)S(=O)(=O)c1cc([N+](=O)[O-])ccc1N/N=C/c1ccc(O)cc1. The zero-order chi connectivity index (χ0) is 20.0. The van der Waals surface area contributed by atoms with Crippen LogP contribution in [0.4, 0.5) is 11.4 Å². The number of nitrogens with one attached hydrogen (secondary N) is 1. The molecule has 0 aliphatic heterocycles. The molecule has 0 heterocycles. The first kappa shape index (κ1) is 20.3. The minimum Gasteiger partial charge on any atom is -0.508 e. The monoisotopic (exact) mass is 392 g/mol. The van der Waals surface area contributed by atoms with Gasteiger partial charge in [-0.05, 0) is 35.9 Å². The van der Waals surface area contributed by atoms with Crippen LogP contribution in [0.25, 0.3) is 0 Å². The van der Waals surface area contributed by atoms with Crippen LogP contribution in [0, 0.1) is 10.1 Å². The topological polar surface area (TPSA) is 125 Å². The Bertz CT molecular complexity index is 938. The second-order valence-corrected chi connectivity index (χ2v) is 7.39. The summed E-state index contributed by atoms with van der Waals surface area (Å²) in [4.78, 5) is 10.2. The Kier molecular flexibility index (Phi) is 6.48. The summed E-state index contributed by atoms with van der Waals surface area (Å²) in [7, 11) is -3.93. The lowest BCUT2D eigenvalue weighted by atomic mass is 10.2. The predicted molar refractivity (Wildman–Crippen MR) is 103 cm³/mol. The van der Waals surface area contributed by atoms with E-state index in [1.165, 1.54) is 34.8 Å². The third-order valence-corrected chi connectivity index (χ3v) is 5.88. The van der Waals surface area contributed by atoms with E-state index in [9.17, 15) is 23.6 Å². The number of benzene rings is 2. The fourth-order valence-electron chi connectivity index (χ4n) is 2.37. The lowest BCUT2D eigenvalue weighted by Gasteiger charge is -2.20. The molecule has 2 N–H and O–H groups in total. The molecular formula is C17H20N4O5S. The molecule has 0 bridgehead atoms. The van der Waals surface area contributed by atoms with Crippen LogP contribution in [0.1, 0.15) is 19.4 Å². The lowest BCUT2D eigenvalue weighted by molar-refractivity contribution is -0.385. The van der Waals surface area contributed by atoms with E-state index in [0.29, 0.717) is 5.56 Å². The first-order valence-corrected chi connectivity index (χ1v) is 9.60. The van der Waals surface area contributed by atoms with Crippen LogP contribution in [-0.2, 0) is 10.0 Å². The minimum absolute atomic E-state index is 0.114. The Morgan fingerprint density at radius 1 is 1.19 bits per heavy atom. The molecule has 2 rings (SSSR count). The highest BCUT2D eigenvalue weighted by Gasteiger charge is 2.27. The average molecular weight is 392 g/mol. The molecule has 0 aliphatic rings. The lowest BCUT2D eigenvalue weighted by Crippen LogP contribution is -2.31. The van der Waals surface area contributed by atoms with E-state index in [-0.39, 0.29) is 35.1 Å². The number of hydrazone groups is 1. The van der Waals surface area contributed by atoms with Crippen molar-refractivity contribution < 1.29 is 18.4 Å². The van der Waals surface area contributed by atoms with Crippen molar-refractivity contribution in [2.45, 2.75) is 18.7 Å². The number of phenolic OH excluding ortho intramolecular Hbond substituents is 1. The Morgan fingerprint density at radius 2 is 1.81 bits per heavy atom. The van der Waals surface area contributed by atoms with Crippen molar-refractivity contribution in [2.24, 2.45) is 5.10 Å². The standard InChI is InChI=1S/C17H20N4O5S/c1-3-20(4-2)27(25,26)17-11-14(21(23)24)7-10-16(17)19-18-12-13-5-8-15(22)9-6-13/h5-12,19,22H,3-4H2,1-2H3/b18-12+. The van der Waals surface area contributed by atoms with Crippen molar-refractivity contribution in [1.29, 1.82) is 0 Å². The molecule has 0 aromatic heterocycles. The molecule has 2 aromatic carbocycles. The third-order valence-electron chi connectivity index (χ3n) is 3.79. The Hall–Kier alpha value is -2.98. The van der Waals surface area contributed by atoms with Gasteiger partial charge in [0.15, 0.2) is 0 Å². The van der Waals surface area contributed by atoms with Gasteiger partial charge in [-0.25, -0.2) is 8.42 Å². The Labute approximate surface area is 157 Å². The van der Waals surface area contributed by atoms with Crippen LogP contribution in [0.2, 0.25) is 0 Å². The fraction of sp³-hybridized carbons (Fsp3) is 0.235. The van der Waals surface area contributed by atoms with Crippen molar-refractivity contribution in [2.75, 3.05) is 18.5 Å². The summed E-state index contributed by atoms with van der Waals surface area (Å²) in [5.41, 5.74) is 3.11. The molecule has 0 spiro atoms. The molecule has 0 saturated heterocycles. The van der Waals surface area contributed by atoms with Gasteiger partial charge in [-0.2, -0.15) is 9.41 Å². The molecule has 9 nitrogen and oxygen atoms in total. The second-order valence-electron chi connectivity index (χ2n) is 5.49. The fourth-order valence-corrected chi connectivity index (χ4v) is 3.99. The Morgan fingerprint density at radius 3 is 2.37 bits per heavy atom. The van der Waals surface area contributed by atoms with Gasteiger partial charge in [0, 0.05) is 25.2 Å². The summed E-state index contributed by atoms with van der Waals surface area (Å²) in [6.07, 6.45) is 1.44. The van der Waals surface area contributed by atoms with E-state index < -0.39 is 14.9 Å². The minimum atomic E-state index is -3.93. The van der Waals surface area contributed by atoms with Gasteiger partial charge in [-0.3, -0.25) is 15.5 Å². The zero-order valence-corrected chi connectivity index (χ0v) is 15.7. The van der Waals surface area contributed by atoms with Crippen LogP contribution in [0.15, 0.2) is 52.5 Å². The van der Waals surface area contributed by atoms with E-state index in [4.69, 9.17) is 0 Å². The maximum Gasteiger partial charge on any atom is 0.270 e. The molecule has 0 atom stereocenters. The number of sulfonamides is 1. The van der Waals surface area contributed by atoms with Gasteiger partial charge in [0.05, 0.1) is 16.8 Å². The van der Waals surface area contributed by atoms with Gasteiger partial charge in [-0.1, -0.05) is 13.8 Å². The average Bonchev–Trinajstić information content (AvgIpc) is 2.64. The number of aromatic hydroxyl groups is 1. The van der Waals surface area contributed by atoms with Gasteiger partial charge in [0.2, 0.25) is 10.0 Å². The highest BCUT2D eigenvalue weighted by molar-refractivity contribution is 7.89. The first-order valence-electron chi connectivity index (χ1n) is 8.16. The summed E-state index contributed by atoms with van der Waals surface area (Å²) in [6.45, 7) is 3.85. The molecular weight excluding hydrogens is 372 g/mol. The number of rotatable bonds is 8. The van der Waals surface area contributed by atoms with Crippen LogP contribution in [0.3, 0.4) is 0 Å². The molecule has 0 unspecified atom stereocenters. The largest absolute Gasteiger partial charge is 0.508 e. The van der Waals surface area contributed by atoms with Crippen molar-refractivity contribution in [3.63, 3.8) is 0 Å². The molecule has 0 fully saturated rings. The molecule has 0 aliphatic carbocycles. The number of non-ortho nitro benzene ring substituents is 1. The van der Waals surface area contributed by atoms with Crippen molar-refractivity contribution in [1.82, 2.24) is 4.31 Å². The van der Waals surface area contributed by atoms with Gasteiger partial charge < -0.3 is 5.11 Å². The zero-order valence-electron chi connectivity index (χ0n) is 14.9. The molecule has 144 valence electrons. The molecule has 10 heteroatoms. The highest BCUT2D eigenvalue weighted by atomic mass is 32.2. The van der Waals surface area contributed by atoms with Crippen molar-refractivity contribution in [3.8, 4) is 5.75 Å². The van der Waals surface area contributed by atoms with E-state index in [2.05, 4.69) is 10.5 Å². The number of anilines is 1. The van der Waals surface area contributed by atoms with Crippen molar-refractivity contribution in [3.05, 3.63) is 58.1 Å². The first-order chi connectivity index (χ1) is 12.8. The predicted octanol–water partition coefficient (Wildman–Crippen LogP) is 2.78. The van der Waals surface area contributed by atoms with E-state index in [1.807, 2.05) is 0 Å². The maximum atomic E-state index is 12.8. The number of hydrogen-bond acceptors (Lipinski definition) is 7. The van der Waals surface area contributed by atoms with Gasteiger partial charge in [0.1, 0.15) is 10.6 Å². The molecule has 0 saturated carbocycles. The summed E-state index contributed by atoms with van der Waals surface area (Å²) in [5.74, 6) is 0.114. The number of phenols is 1. The van der Waals surface area contributed by atoms with Gasteiger partial charge in [0.25, 0.3) is 5.69 Å². The highest BCUT2D eigenvalue weighted by Crippen LogP contribution is 2.29. The van der Waals surface area contributed by atoms with Crippen LogP contribution in [0.5, 0.6) is 5.75 Å². The van der Waals surface area contributed by atoms with Crippen LogP contribution in [-0.4, -0.2) is 42.1 Å². The molecule has 0 amide bonds. The third kappa shape index (κ3) is 4.80. The second kappa shape index (κ2) is 8.60. The normalized spacial score (nSPS) is 11.8. The number of nitro groups is 1. The van der Waals surface area contributed by atoms with Crippen LogP contribution >= 0.6 is 0 Å². The summed E-state index contributed by atoms with van der Waals surface area (Å²) >= 11 is 0. The molecule has 27 heavy (non-hydrogen) atoms. The summed E-state index contributed by atoms with van der Waals surface area (Å²) in [6, 6.07) is 9.77. The molecule has 2 aromatic rings. The summed E-state index contributed by atoms with van der Waals surface area (Å²) in [5, 5.41) is 24.3. The number of hydrogen-bond donors (Lipinski definition) is 2. The van der Waals surface area contributed by atoms with E-state index in [0.717, 1.165) is 6.07 Å². The van der Waals surface area contributed by atoms with E-state index >= 15 is 0 Å².